The van der Waals surface area contributed by atoms with Gasteiger partial charge in [-0.1, -0.05) is 26.0 Å². The first-order chi connectivity index (χ1) is 13.3. The standard InChI is InChI=1S/C19H18F2O5.C2H6/c1-19(2)25-15-9-12(17(20)21)8-14(16(15)18(22)26-19)24-10-11-4-6-13(23-3)7-5-11;1-2/h4-9,17H,10H2,1-3H3;1-2H3. The second-order valence-corrected chi connectivity index (χ2v) is 6.22. The van der Waals surface area contributed by atoms with Gasteiger partial charge >= 0.3 is 5.97 Å². The Kier molecular flexibility index (Phi) is 6.83. The van der Waals surface area contributed by atoms with Crippen LogP contribution < -0.4 is 14.2 Å². The number of ether oxygens (including phenoxy) is 4. The fraction of sp³-hybridized carbons (Fsp3) is 0.381. The van der Waals surface area contributed by atoms with Gasteiger partial charge in [-0.25, -0.2) is 13.6 Å². The Morgan fingerprint density at radius 2 is 1.71 bits per heavy atom. The molecule has 0 saturated carbocycles. The van der Waals surface area contributed by atoms with Gasteiger partial charge in [-0.2, -0.15) is 0 Å². The van der Waals surface area contributed by atoms with Crippen LogP contribution in [-0.2, 0) is 11.3 Å². The number of rotatable bonds is 5. The summed E-state index contributed by atoms with van der Waals surface area (Å²) in [5.41, 5.74) is 0.494. The van der Waals surface area contributed by atoms with Crippen LogP contribution in [-0.4, -0.2) is 18.9 Å². The highest BCUT2D eigenvalue weighted by molar-refractivity contribution is 5.97. The van der Waals surface area contributed by atoms with Crippen LogP contribution in [0.2, 0.25) is 0 Å². The number of esters is 1. The van der Waals surface area contributed by atoms with Gasteiger partial charge < -0.3 is 18.9 Å². The fourth-order valence-corrected chi connectivity index (χ4v) is 2.57. The molecule has 1 aliphatic rings. The summed E-state index contributed by atoms with van der Waals surface area (Å²) in [7, 11) is 1.56. The van der Waals surface area contributed by atoms with Crippen LogP contribution in [0.3, 0.4) is 0 Å². The van der Waals surface area contributed by atoms with Gasteiger partial charge in [0.15, 0.2) is 0 Å². The van der Waals surface area contributed by atoms with Crippen molar-refractivity contribution in [2.24, 2.45) is 0 Å². The molecular weight excluding hydrogens is 370 g/mol. The molecule has 0 atom stereocenters. The van der Waals surface area contributed by atoms with Gasteiger partial charge in [0.05, 0.1) is 7.11 Å². The maximum atomic E-state index is 13.2. The van der Waals surface area contributed by atoms with Gasteiger partial charge in [0.2, 0.25) is 5.79 Å². The normalized spacial score (nSPS) is 14.2. The highest BCUT2D eigenvalue weighted by atomic mass is 19.3. The molecule has 0 spiro atoms. The molecule has 0 bridgehead atoms. The van der Waals surface area contributed by atoms with Gasteiger partial charge in [-0.15, -0.1) is 0 Å². The van der Waals surface area contributed by atoms with E-state index >= 15 is 0 Å². The number of hydrogen-bond acceptors (Lipinski definition) is 5. The minimum atomic E-state index is -2.73. The minimum Gasteiger partial charge on any atom is -0.497 e. The number of benzene rings is 2. The number of halogens is 2. The Hall–Kier alpha value is -2.83. The Bertz CT molecular complexity index is 816. The third-order valence-corrected chi connectivity index (χ3v) is 3.79. The van der Waals surface area contributed by atoms with E-state index in [1.54, 1.807) is 31.4 Å². The summed E-state index contributed by atoms with van der Waals surface area (Å²) >= 11 is 0. The second kappa shape index (κ2) is 8.91. The van der Waals surface area contributed by atoms with Crippen LogP contribution in [0.1, 0.15) is 55.6 Å². The van der Waals surface area contributed by atoms with E-state index in [2.05, 4.69) is 0 Å². The van der Waals surface area contributed by atoms with Gasteiger partial charge in [-0.05, 0) is 29.8 Å². The Morgan fingerprint density at radius 3 is 2.29 bits per heavy atom. The summed E-state index contributed by atoms with van der Waals surface area (Å²) in [5.74, 6) is -1.22. The topological polar surface area (TPSA) is 54.0 Å². The summed E-state index contributed by atoms with van der Waals surface area (Å²) in [5, 5.41) is 0. The quantitative estimate of drug-likeness (QED) is 0.625. The number of carbonyl (C=O) groups excluding carboxylic acids is 1. The van der Waals surface area contributed by atoms with Gasteiger partial charge in [0.25, 0.3) is 6.43 Å². The van der Waals surface area contributed by atoms with Gasteiger partial charge in [0.1, 0.15) is 29.4 Å². The molecule has 0 unspecified atom stereocenters. The zero-order valence-corrected chi connectivity index (χ0v) is 16.5. The van der Waals surface area contributed by atoms with Gasteiger partial charge in [-0.3, -0.25) is 0 Å². The van der Waals surface area contributed by atoms with E-state index in [9.17, 15) is 13.6 Å². The number of methoxy groups -OCH3 is 1. The molecule has 7 heteroatoms. The molecule has 0 radical (unpaired) electrons. The highest BCUT2D eigenvalue weighted by Gasteiger charge is 2.37. The molecule has 3 rings (SSSR count). The smallest absolute Gasteiger partial charge is 0.349 e. The molecule has 2 aromatic carbocycles. The van der Waals surface area contributed by atoms with Crippen LogP contribution in [0.4, 0.5) is 8.78 Å². The Balaban J connectivity index is 0.00000136. The Morgan fingerprint density at radius 1 is 1.07 bits per heavy atom. The first-order valence-electron chi connectivity index (χ1n) is 8.93. The van der Waals surface area contributed by atoms with E-state index in [1.165, 1.54) is 13.8 Å². The zero-order chi connectivity index (χ0) is 20.9. The van der Waals surface area contributed by atoms with E-state index < -0.39 is 18.2 Å². The predicted molar refractivity (Wildman–Crippen MR) is 100 cm³/mol. The first-order valence-corrected chi connectivity index (χ1v) is 8.93. The van der Waals surface area contributed by atoms with Crippen molar-refractivity contribution in [2.45, 2.75) is 46.5 Å². The van der Waals surface area contributed by atoms with Crippen LogP contribution in [0, 0.1) is 0 Å². The number of alkyl halides is 2. The van der Waals surface area contributed by atoms with Crippen LogP contribution >= 0.6 is 0 Å². The SMILES string of the molecule is CC.COc1ccc(COc2cc(C(F)F)cc3c2C(=O)OC(C)(C)O3)cc1. The Labute approximate surface area is 163 Å². The summed E-state index contributed by atoms with van der Waals surface area (Å²) in [6, 6.07) is 9.34. The predicted octanol–water partition coefficient (Wildman–Crippen LogP) is 5.52. The third kappa shape index (κ3) is 4.91. The molecule has 1 aliphatic heterocycles. The van der Waals surface area contributed by atoms with Crippen molar-refractivity contribution in [3.63, 3.8) is 0 Å². The van der Waals surface area contributed by atoms with Crippen molar-refractivity contribution in [3.8, 4) is 17.2 Å². The van der Waals surface area contributed by atoms with Crippen molar-refractivity contribution in [1.29, 1.82) is 0 Å². The molecule has 0 aliphatic carbocycles. The maximum Gasteiger partial charge on any atom is 0.349 e. The van der Waals surface area contributed by atoms with E-state index in [4.69, 9.17) is 18.9 Å². The summed E-state index contributed by atoms with van der Waals surface area (Å²) in [6.45, 7) is 7.14. The van der Waals surface area contributed by atoms with Crippen LogP contribution in [0.15, 0.2) is 36.4 Å². The fourth-order valence-electron chi connectivity index (χ4n) is 2.57. The van der Waals surface area contributed by atoms with E-state index in [0.717, 1.165) is 17.7 Å². The second-order valence-electron chi connectivity index (χ2n) is 6.22. The molecule has 152 valence electrons. The number of hydrogen-bond donors (Lipinski definition) is 0. The van der Waals surface area contributed by atoms with Crippen LogP contribution in [0.25, 0.3) is 0 Å². The van der Waals surface area contributed by atoms with E-state index in [1.807, 2.05) is 13.8 Å². The molecule has 0 saturated heterocycles. The molecule has 0 fully saturated rings. The molecule has 1 heterocycles. The number of fused-ring (bicyclic) bond motifs is 1. The van der Waals surface area contributed by atoms with Crippen molar-refractivity contribution >= 4 is 5.97 Å². The van der Waals surface area contributed by atoms with Crippen molar-refractivity contribution in [1.82, 2.24) is 0 Å². The molecule has 2 aromatic rings. The van der Waals surface area contributed by atoms with E-state index in [0.29, 0.717) is 5.75 Å². The lowest BCUT2D eigenvalue weighted by molar-refractivity contribution is -0.127. The lowest BCUT2D eigenvalue weighted by Crippen LogP contribution is -2.39. The maximum absolute atomic E-state index is 13.2. The average molecular weight is 394 g/mol. The molecular formula is C21H24F2O5. The summed E-state index contributed by atoms with van der Waals surface area (Å²) in [6.07, 6.45) is -2.73. The molecule has 0 aromatic heterocycles. The minimum absolute atomic E-state index is 0.00207. The zero-order valence-electron chi connectivity index (χ0n) is 16.5. The molecule has 28 heavy (non-hydrogen) atoms. The van der Waals surface area contributed by atoms with Crippen molar-refractivity contribution in [3.05, 3.63) is 53.1 Å². The van der Waals surface area contributed by atoms with Crippen molar-refractivity contribution in [2.75, 3.05) is 7.11 Å². The first kappa shape index (κ1) is 21.5. The lowest BCUT2D eigenvalue weighted by atomic mass is 10.1. The molecule has 0 amide bonds. The monoisotopic (exact) mass is 394 g/mol. The largest absolute Gasteiger partial charge is 0.497 e. The van der Waals surface area contributed by atoms with Gasteiger partial charge in [0, 0.05) is 19.4 Å². The molecule has 5 nitrogen and oxygen atoms in total. The lowest BCUT2D eigenvalue weighted by Gasteiger charge is -2.32. The number of cyclic esters (lactones) is 1. The number of carbonyl (C=O) groups is 1. The van der Waals surface area contributed by atoms with E-state index in [-0.39, 0.29) is 29.2 Å². The highest BCUT2D eigenvalue weighted by Crippen LogP contribution is 2.40. The average Bonchev–Trinajstić information content (AvgIpc) is 2.66. The molecule has 0 N–H and O–H groups in total. The summed E-state index contributed by atoms with van der Waals surface area (Å²) < 4.78 is 47.9. The third-order valence-electron chi connectivity index (χ3n) is 3.79. The van der Waals surface area contributed by atoms with Crippen LogP contribution in [0.5, 0.6) is 17.2 Å². The summed E-state index contributed by atoms with van der Waals surface area (Å²) in [4.78, 5) is 12.3. The van der Waals surface area contributed by atoms with Crippen molar-refractivity contribution < 1.29 is 32.5 Å².